The third-order valence-corrected chi connectivity index (χ3v) is 4.34. The molecule has 0 heterocycles. The van der Waals surface area contributed by atoms with E-state index in [9.17, 15) is 0 Å². The van der Waals surface area contributed by atoms with E-state index in [-0.39, 0.29) is 5.41 Å². The molecule has 1 aliphatic carbocycles. The second-order valence-electron chi connectivity index (χ2n) is 6.21. The SMILES string of the molecule is CCC1CCCC(NCCC(C)(C)C(N)=NO)C1. The Kier molecular flexibility index (Phi) is 5.93. The van der Waals surface area contributed by atoms with Crippen LogP contribution in [-0.2, 0) is 0 Å². The largest absolute Gasteiger partial charge is 0.409 e. The zero-order valence-electron chi connectivity index (χ0n) is 12.1. The summed E-state index contributed by atoms with van der Waals surface area (Å²) in [5.74, 6) is 1.22. The van der Waals surface area contributed by atoms with Gasteiger partial charge in [-0.25, -0.2) is 0 Å². The van der Waals surface area contributed by atoms with Gasteiger partial charge in [-0.1, -0.05) is 45.2 Å². The summed E-state index contributed by atoms with van der Waals surface area (Å²) in [6.07, 6.45) is 7.54. The van der Waals surface area contributed by atoms with Crippen LogP contribution in [0.1, 0.15) is 59.3 Å². The Morgan fingerprint density at radius 2 is 2.17 bits per heavy atom. The first-order valence-electron chi connectivity index (χ1n) is 7.21. The van der Waals surface area contributed by atoms with Crippen LogP contribution in [0.2, 0.25) is 0 Å². The summed E-state index contributed by atoms with van der Waals surface area (Å²) >= 11 is 0. The van der Waals surface area contributed by atoms with Crippen molar-refractivity contribution in [2.24, 2.45) is 22.2 Å². The molecule has 1 fully saturated rings. The summed E-state index contributed by atoms with van der Waals surface area (Å²) in [5.41, 5.74) is 5.45. The second kappa shape index (κ2) is 6.98. The predicted molar refractivity (Wildman–Crippen MR) is 75.8 cm³/mol. The molecule has 0 bridgehead atoms. The number of nitrogens with zero attached hydrogens (tertiary/aromatic N) is 1. The lowest BCUT2D eigenvalue weighted by Crippen LogP contribution is -2.39. The van der Waals surface area contributed by atoms with Gasteiger partial charge in [0.15, 0.2) is 0 Å². The minimum atomic E-state index is -0.236. The van der Waals surface area contributed by atoms with Gasteiger partial charge in [0, 0.05) is 11.5 Å². The molecule has 0 aliphatic heterocycles. The third-order valence-electron chi connectivity index (χ3n) is 4.34. The van der Waals surface area contributed by atoms with Crippen LogP contribution in [0.25, 0.3) is 0 Å². The Morgan fingerprint density at radius 1 is 1.44 bits per heavy atom. The highest BCUT2D eigenvalue weighted by Crippen LogP contribution is 2.27. The van der Waals surface area contributed by atoms with Gasteiger partial charge in [0.05, 0.1) is 0 Å². The lowest BCUT2D eigenvalue weighted by molar-refractivity contribution is 0.270. The van der Waals surface area contributed by atoms with Crippen molar-refractivity contribution >= 4 is 5.84 Å². The molecule has 0 aromatic heterocycles. The topological polar surface area (TPSA) is 70.6 Å². The van der Waals surface area contributed by atoms with Gasteiger partial charge in [-0.05, 0) is 31.7 Å². The highest BCUT2D eigenvalue weighted by atomic mass is 16.4. The highest BCUT2D eigenvalue weighted by Gasteiger charge is 2.25. The van der Waals surface area contributed by atoms with E-state index in [0.29, 0.717) is 11.9 Å². The minimum absolute atomic E-state index is 0.236. The number of rotatable bonds is 6. The Morgan fingerprint density at radius 3 is 2.78 bits per heavy atom. The zero-order valence-corrected chi connectivity index (χ0v) is 12.1. The first-order valence-corrected chi connectivity index (χ1v) is 7.21. The van der Waals surface area contributed by atoms with Gasteiger partial charge in [-0.3, -0.25) is 0 Å². The molecule has 4 nitrogen and oxygen atoms in total. The minimum Gasteiger partial charge on any atom is -0.409 e. The van der Waals surface area contributed by atoms with E-state index in [2.05, 4.69) is 17.4 Å². The Hall–Kier alpha value is -0.770. The maximum Gasteiger partial charge on any atom is 0.144 e. The molecule has 0 aromatic carbocycles. The van der Waals surface area contributed by atoms with E-state index in [1.54, 1.807) is 0 Å². The van der Waals surface area contributed by atoms with Crippen molar-refractivity contribution in [2.75, 3.05) is 6.54 Å². The molecule has 1 rings (SSSR count). The summed E-state index contributed by atoms with van der Waals surface area (Å²) in [6, 6.07) is 0.659. The van der Waals surface area contributed by atoms with Gasteiger partial charge in [0.25, 0.3) is 0 Å². The Bertz CT molecular complexity index is 276. The Balaban J connectivity index is 2.29. The van der Waals surface area contributed by atoms with Crippen molar-refractivity contribution in [2.45, 2.75) is 65.3 Å². The fourth-order valence-electron chi connectivity index (χ4n) is 2.70. The molecule has 1 aliphatic rings. The quantitative estimate of drug-likeness (QED) is 0.296. The van der Waals surface area contributed by atoms with Crippen LogP contribution < -0.4 is 11.1 Å². The van der Waals surface area contributed by atoms with Crippen LogP contribution in [0.5, 0.6) is 0 Å². The van der Waals surface area contributed by atoms with Crippen molar-refractivity contribution in [1.29, 1.82) is 0 Å². The van der Waals surface area contributed by atoms with Crippen molar-refractivity contribution in [3.8, 4) is 0 Å². The van der Waals surface area contributed by atoms with Crippen molar-refractivity contribution in [3.63, 3.8) is 0 Å². The van der Waals surface area contributed by atoms with Crippen LogP contribution >= 0.6 is 0 Å². The van der Waals surface area contributed by atoms with Gasteiger partial charge in [-0.15, -0.1) is 0 Å². The van der Waals surface area contributed by atoms with Crippen molar-refractivity contribution in [1.82, 2.24) is 5.32 Å². The molecular formula is C14H29N3O. The number of nitrogens with one attached hydrogen (secondary N) is 1. The molecule has 0 aromatic rings. The number of oxime groups is 1. The fourth-order valence-corrected chi connectivity index (χ4v) is 2.70. The summed E-state index contributed by atoms with van der Waals surface area (Å²) in [6.45, 7) is 7.25. The molecule has 2 atom stereocenters. The first-order chi connectivity index (χ1) is 8.49. The number of hydrogen-bond donors (Lipinski definition) is 3. The molecule has 106 valence electrons. The normalized spacial score (nSPS) is 26.3. The number of amidine groups is 1. The molecular weight excluding hydrogens is 226 g/mol. The van der Waals surface area contributed by atoms with Gasteiger partial charge < -0.3 is 16.3 Å². The molecule has 0 amide bonds. The zero-order chi connectivity index (χ0) is 13.6. The highest BCUT2D eigenvalue weighted by molar-refractivity contribution is 5.85. The molecule has 4 N–H and O–H groups in total. The summed E-state index contributed by atoms with van der Waals surface area (Å²) in [7, 11) is 0. The van der Waals surface area contributed by atoms with E-state index in [1.807, 2.05) is 13.8 Å². The predicted octanol–water partition coefficient (Wildman–Crippen LogP) is 2.71. The van der Waals surface area contributed by atoms with E-state index < -0.39 is 0 Å². The van der Waals surface area contributed by atoms with Crippen molar-refractivity contribution < 1.29 is 5.21 Å². The van der Waals surface area contributed by atoms with Gasteiger partial charge in [0.1, 0.15) is 5.84 Å². The van der Waals surface area contributed by atoms with Crippen LogP contribution in [0.4, 0.5) is 0 Å². The van der Waals surface area contributed by atoms with Gasteiger partial charge >= 0.3 is 0 Å². The molecule has 2 unspecified atom stereocenters. The molecule has 0 radical (unpaired) electrons. The molecule has 0 saturated heterocycles. The maximum absolute atomic E-state index is 8.73. The lowest BCUT2D eigenvalue weighted by Gasteiger charge is -2.30. The van der Waals surface area contributed by atoms with E-state index in [4.69, 9.17) is 10.9 Å². The molecule has 1 saturated carbocycles. The summed E-state index contributed by atoms with van der Waals surface area (Å²) in [5, 5.41) is 15.5. The van der Waals surface area contributed by atoms with Crippen molar-refractivity contribution in [3.05, 3.63) is 0 Å². The van der Waals surface area contributed by atoms with Crippen LogP contribution in [0.15, 0.2) is 5.16 Å². The summed E-state index contributed by atoms with van der Waals surface area (Å²) < 4.78 is 0. The first kappa shape index (κ1) is 15.3. The van der Waals surface area contributed by atoms with Gasteiger partial charge in [-0.2, -0.15) is 0 Å². The maximum atomic E-state index is 8.73. The number of nitrogens with two attached hydrogens (primary N) is 1. The second-order valence-corrected chi connectivity index (χ2v) is 6.21. The fraction of sp³-hybridized carbons (Fsp3) is 0.929. The van der Waals surface area contributed by atoms with E-state index >= 15 is 0 Å². The standard InChI is InChI=1S/C14H29N3O/c1-4-11-6-5-7-12(10-11)16-9-8-14(2,3)13(15)17-18/h11-12,16,18H,4-10H2,1-3H3,(H2,15,17). The van der Waals surface area contributed by atoms with E-state index in [0.717, 1.165) is 18.9 Å². The molecule has 0 spiro atoms. The Labute approximate surface area is 111 Å². The average Bonchev–Trinajstić information content (AvgIpc) is 2.37. The molecule has 4 heteroatoms. The number of hydrogen-bond acceptors (Lipinski definition) is 3. The monoisotopic (exact) mass is 255 g/mol. The smallest absolute Gasteiger partial charge is 0.144 e. The third kappa shape index (κ3) is 4.48. The van der Waals surface area contributed by atoms with Crippen LogP contribution in [0, 0.1) is 11.3 Å². The lowest BCUT2D eigenvalue weighted by atomic mass is 9.83. The van der Waals surface area contributed by atoms with Crippen LogP contribution in [0.3, 0.4) is 0 Å². The summed E-state index contributed by atoms with van der Waals surface area (Å²) in [4.78, 5) is 0. The average molecular weight is 255 g/mol. The van der Waals surface area contributed by atoms with E-state index in [1.165, 1.54) is 32.1 Å². The van der Waals surface area contributed by atoms with Crippen LogP contribution in [-0.4, -0.2) is 23.6 Å². The molecule has 18 heavy (non-hydrogen) atoms. The van der Waals surface area contributed by atoms with Gasteiger partial charge in [0.2, 0.25) is 0 Å².